The van der Waals surface area contributed by atoms with Gasteiger partial charge in [0.15, 0.2) is 4.34 Å². The Morgan fingerprint density at radius 1 is 1.45 bits per heavy atom. The first-order valence-electron chi connectivity index (χ1n) is 6.61. The maximum absolute atomic E-state index is 14.1. The van der Waals surface area contributed by atoms with Crippen LogP contribution >= 0.6 is 23.3 Å². The lowest BCUT2D eigenvalue weighted by Crippen LogP contribution is -2.20. The summed E-state index contributed by atoms with van der Waals surface area (Å²) >= 11 is 2.82. The van der Waals surface area contributed by atoms with Crippen LogP contribution in [0.2, 0.25) is 0 Å². The number of aryl methyl sites for hydroxylation is 1. The van der Waals surface area contributed by atoms with Crippen molar-refractivity contribution in [3.63, 3.8) is 0 Å². The molecule has 2 rings (SSSR count). The Balaban J connectivity index is 2.25. The highest BCUT2D eigenvalue weighted by atomic mass is 32.2. The summed E-state index contributed by atoms with van der Waals surface area (Å²) < 4.78 is 19.2. The van der Waals surface area contributed by atoms with Gasteiger partial charge in [0.1, 0.15) is 11.6 Å². The molecule has 0 spiro atoms. The van der Waals surface area contributed by atoms with E-state index in [1.54, 1.807) is 6.07 Å². The quantitative estimate of drug-likeness (QED) is 0.867. The summed E-state index contributed by atoms with van der Waals surface area (Å²) in [7, 11) is 0. The van der Waals surface area contributed by atoms with Crippen molar-refractivity contribution in [1.82, 2.24) is 14.7 Å². The molecule has 0 aliphatic heterocycles. The number of hydrogen-bond donors (Lipinski definition) is 1. The molecule has 6 heteroatoms. The minimum absolute atomic E-state index is 0.0207. The summed E-state index contributed by atoms with van der Waals surface area (Å²) in [5, 5.41) is 3.33. The van der Waals surface area contributed by atoms with Crippen LogP contribution < -0.4 is 5.32 Å². The summed E-state index contributed by atoms with van der Waals surface area (Å²) in [6, 6.07) is 5.16. The first kappa shape index (κ1) is 15.4. The molecule has 3 nitrogen and oxygen atoms in total. The maximum atomic E-state index is 14.1. The van der Waals surface area contributed by atoms with Gasteiger partial charge in [-0.25, -0.2) is 9.37 Å². The van der Waals surface area contributed by atoms with Crippen LogP contribution in [-0.4, -0.2) is 15.9 Å². The fourth-order valence-electron chi connectivity index (χ4n) is 1.90. The number of rotatable bonds is 6. The monoisotopic (exact) mass is 311 g/mol. The average Bonchev–Trinajstić information content (AvgIpc) is 2.81. The molecule has 0 amide bonds. The van der Waals surface area contributed by atoms with Gasteiger partial charge >= 0.3 is 0 Å². The molecule has 1 aromatic carbocycles. The molecule has 1 aromatic heterocycles. The number of hydrogen-bond acceptors (Lipinski definition) is 5. The van der Waals surface area contributed by atoms with Crippen LogP contribution in [0.4, 0.5) is 4.39 Å². The van der Waals surface area contributed by atoms with Crippen molar-refractivity contribution in [2.24, 2.45) is 0 Å². The zero-order valence-corrected chi connectivity index (χ0v) is 13.4. The second kappa shape index (κ2) is 7.15. The van der Waals surface area contributed by atoms with Gasteiger partial charge in [0.25, 0.3) is 0 Å². The van der Waals surface area contributed by atoms with E-state index >= 15 is 0 Å². The molecule has 0 saturated heterocycles. The molecule has 1 atom stereocenters. The standard InChI is InChI=1S/C14H18FN3S2/c1-4-8-16-9(2)13-11(15)6-5-7-12(13)19-14-17-10(3)18-20-14/h5-7,9,16H,4,8H2,1-3H3. The first-order chi connectivity index (χ1) is 9.61. The highest BCUT2D eigenvalue weighted by Gasteiger charge is 2.17. The summed E-state index contributed by atoms with van der Waals surface area (Å²) in [4.78, 5) is 5.23. The Morgan fingerprint density at radius 2 is 2.25 bits per heavy atom. The van der Waals surface area contributed by atoms with Gasteiger partial charge in [-0.05, 0) is 50.5 Å². The van der Waals surface area contributed by atoms with E-state index in [0.29, 0.717) is 5.56 Å². The highest BCUT2D eigenvalue weighted by Crippen LogP contribution is 2.35. The van der Waals surface area contributed by atoms with Crippen molar-refractivity contribution in [3.8, 4) is 0 Å². The third kappa shape index (κ3) is 3.77. The molecule has 0 aliphatic carbocycles. The van der Waals surface area contributed by atoms with E-state index in [4.69, 9.17) is 0 Å². The zero-order chi connectivity index (χ0) is 14.5. The van der Waals surface area contributed by atoms with Crippen molar-refractivity contribution >= 4 is 23.3 Å². The molecule has 2 aromatic rings. The minimum atomic E-state index is -0.174. The van der Waals surface area contributed by atoms with E-state index in [2.05, 4.69) is 21.6 Å². The Labute approximate surface area is 127 Å². The van der Waals surface area contributed by atoms with Crippen molar-refractivity contribution in [3.05, 3.63) is 35.4 Å². The lowest BCUT2D eigenvalue weighted by Gasteiger charge is -2.17. The van der Waals surface area contributed by atoms with Crippen molar-refractivity contribution in [2.75, 3.05) is 6.54 Å². The Morgan fingerprint density at radius 3 is 2.90 bits per heavy atom. The third-order valence-corrected chi connectivity index (χ3v) is 4.77. The molecule has 1 unspecified atom stereocenters. The highest BCUT2D eigenvalue weighted by molar-refractivity contribution is 8.01. The first-order valence-corrected chi connectivity index (χ1v) is 8.20. The minimum Gasteiger partial charge on any atom is -0.310 e. The molecular formula is C14H18FN3S2. The number of aromatic nitrogens is 2. The Kier molecular flexibility index (Phi) is 5.51. The predicted octanol–water partition coefficient (Wildman–Crippen LogP) is 4.20. The van der Waals surface area contributed by atoms with Crippen LogP contribution in [-0.2, 0) is 0 Å². The molecule has 0 bridgehead atoms. The predicted molar refractivity (Wildman–Crippen MR) is 81.9 cm³/mol. The third-order valence-electron chi connectivity index (χ3n) is 2.85. The van der Waals surface area contributed by atoms with Crippen LogP contribution in [0.3, 0.4) is 0 Å². The van der Waals surface area contributed by atoms with Gasteiger partial charge in [0, 0.05) is 16.5 Å². The topological polar surface area (TPSA) is 37.8 Å². The lowest BCUT2D eigenvalue weighted by atomic mass is 10.1. The van der Waals surface area contributed by atoms with Crippen LogP contribution in [0.1, 0.15) is 37.7 Å². The number of halogens is 1. The second-order valence-electron chi connectivity index (χ2n) is 4.54. The van der Waals surface area contributed by atoms with E-state index < -0.39 is 0 Å². The zero-order valence-electron chi connectivity index (χ0n) is 11.8. The maximum Gasteiger partial charge on any atom is 0.174 e. The van der Waals surface area contributed by atoms with Crippen molar-refractivity contribution in [1.29, 1.82) is 0 Å². The normalized spacial score (nSPS) is 12.6. The Bertz CT molecular complexity index is 571. The number of benzene rings is 1. The van der Waals surface area contributed by atoms with Crippen molar-refractivity contribution in [2.45, 2.75) is 42.5 Å². The fraction of sp³-hybridized carbons (Fsp3) is 0.429. The molecule has 20 heavy (non-hydrogen) atoms. The van der Waals surface area contributed by atoms with E-state index in [0.717, 1.165) is 28.0 Å². The SMILES string of the molecule is CCCNC(C)c1c(F)cccc1Sc1nc(C)ns1. The van der Waals surface area contributed by atoms with Gasteiger partial charge in [-0.3, -0.25) is 0 Å². The summed E-state index contributed by atoms with van der Waals surface area (Å²) in [6.07, 6.45) is 1.02. The fourth-order valence-corrected chi connectivity index (χ4v) is 3.75. The molecule has 0 fully saturated rings. The smallest absolute Gasteiger partial charge is 0.174 e. The average molecular weight is 311 g/mol. The largest absolute Gasteiger partial charge is 0.310 e. The van der Waals surface area contributed by atoms with Gasteiger partial charge in [0.2, 0.25) is 0 Å². The number of nitrogens with zero attached hydrogens (tertiary/aromatic N) is 2. The molecule has 1 heterocycles. The summed E-state index contributed by atoms with van der Waals surface area (Å²) in [5.41, 5.74) is 0.707. The Hall–Kier alpha value is -0.980. The van der Waals surface area contributed by atoms with E-state index in [1.165, 1.54) is 29.4 Å². The van der Waals surface area contributed by atoms with E-state index in [-0.39, 0.29) is 11.9 Å². The van der Waals surface area contributed by atoms with E-state index in [9.17, 15) is 4.39 Å². The van der Waals surface area contributed by atoms with E-state index in [1.807, 2.05) is 19.9 Å². The van der Waals surface area contributed by atoms with Crippen molar-refractivity contribution < 1.29 is 4.39 Å². The van der Waals surface area contributed by atoms with Gasteiger partial charge < -0.3 is 5.32 Å². The van der Waals surface area contributed by atoms with Crippen LogP contribution in [0.25, 0.3) is 0 Å². The van der Waals surface area contributed by atoms with Gasteiger partial charge in [-0.1, -0.05) is 24.8 Å². The molecule has 108 valence electrons. The molecular weight excluding hydrogens is 293 g/mol. The molecule has 0 aliphatic rings. The van der Waals surface area contributed by atoms with Crippen LogP contribution in [0.5, 0.6) is 0 Å². The number of nitrogens with one attached hydrogen (secondary N) is 1. The summed E-state index contributed by atoms with van der Waals surface area (Å²) in [5.74, 6) is 0.583. The van der Waals surface area contributed by atoms with Gasteiger partial charge in [0.05, 0.1) is 0 Å². The summed E-state index contributed by atoms with van der Waals surface area (Å²) in [6.45, 7) is 6.82. The van der Waals surface area contributed by atoms with Crippen LogP contribution in [0.15, 0.2) is 27.4 Å². The molecule has 0 saturated carbocycles. The molecule has 1 N–H and O–H groups in total. The van der Waals surface area contributed by atoms with Crippen LogP contribution in [0, 0.1) is 12.7 Å². The van der Waals surface area contributed by atoms with Gasteiger partial charge in [-0.15, -0.1) is 0 Å². The molecule has 0 radical (unpaired) electrons. The lowest BCUT2D eigenvalue weighted by molar-refractivity contribution is 0.519. The second-order valence-corrected chi connectivity index (χ2v) is 6.58. The van der Waals surface area contributed by atoms with Gasteiger partial charge in [-0.2, -0.15) is 4.37 Å².